The molecule has 0 aliphatic heterocycles. The van der Waals surface area contributed by atoms with E-state index in [4.69, 9.17) is 0 Å². The van der Waals surface area contributed by atoms with E-state index < -0.39 is 11.3 Å². The summed E-state index contributed by atoms with van der Waals surface area (Å²) in [7, 11) is 0. The van der Waals surface area contributed by atoms with Crippen LogP contribution in [0.25, 0.3) is 0 Å². The molecule has 0 aliphatic carbocycles. The van der Waals surface area contributed by atoms with E-state index in [0.29, 0.717) is 6.54 Å². The first-order valence-electron chi connectivity index (χ1n) is 9.18. The van der Waals surface area contributed by atoms with Crippen LogP contribution in [0.3, 0.4) is 0 Å². The maximum absolute atomic E-state index is 10.3. The molecule has 1 rings (SSSR count). The van der Waals surface area contributed by atoms with Crippen molar-refractivity contribution in [1.82, 2.24) is 4.72 Å². The fourth-order valence-electron chi connectivity index (χ4n) is 2.82. The van der Waals surface area contributed by atoms with E-state index in [1.165, 1.54) is 68.2 Å². The average molecular weight is 371 g/mol. The number of hydrogen-bond donors (Lipinski definition) is 1. The van der Waals surface area contributed by atoms with Gasteiger partial charge >= 0.3 is 0 Å². The Balaban J connectivity index is 1.82. The molecular weight excluding hydrogens is 338 g/mol. The number of rotatable bonds is 15. The van der Waals surface area contributed by atoms with Crippen molar-refractivity contribution in [1.29, 1.82) is 0 Å². The maximum atomic E-state index is 10.3. The number of benzene rings is 1. The molecular formula is C19H32NO2S2-. The minimum absolute atomic E-state index is 0.579. The van der Waals surface area contributed by atoms with E-state index in [9.17, 15) is 8.76 Å². The van der Waals surface area contributed by atoms with Crippen LogP contribution in [0.15, 0.2) is 29.2 Å². The molecule has 0 amide bonds. The lowest BCUT2D eigenvalue weighted by atomic mass is 10.0. The predicted octanol–water partition coefficient (Wildman–Crippen LogP) is 5.24. The van der Waals surface area contributed by atoms with E-state index in [2.05, 4.69) is 35.2 Å². The smallest absolute Gasteiger partial charge is 0.0181 e. The SMILES string of the molecule is CSc1ccc(CCCCCCCCCCCCNS(=O)[O-])cc1. The van der Waals surface area contributed by atoms with Crippen LogP contribution < -0.4 is 4.72 Å². The summed E-state index contributed by atoms with van der Waals surface area (Å²) in [4.78, 5) is 1.34. The van der Waals surface area contributed by atoms with Crippen LogP contribution in [-0.4, -0.2) is 21.6 Å². The van der Waals surface area contributed by atoms with Crippen LogP contribution in [0.2, 0.25) is 0 Å². The quantitative estimate of drug-likeness (QED) is 0.261. The highest BCUT2D eigenvalue weighted by molar-refractivity contribution is 7.98. The number of unbranched alkanes of at least 4 members (excludes halogenated alkanes) is 9. The highest BCUT2D eigenvalue weighted by Gasteiger charge is 1.96. The summed E-state index contributed by atoms with van der Waals surface area (Å²) in [5.41, 5.74) is 1.46. The van der Waals surface area contributed by atoms with Crippen molar-refractivity contribution in [3.05, 3.63) is 29.8 Å². The first-order valence-corrected chi connectivity index (χ1v) is 11.5. The van der Waals surface area contributed by atoms with Gasteiger partial charge in [0, 0.05) is 22.7 Å². The third-order valence-electron chi connectivity index (χ3n) is 4.27. The zero-order valence-electron chi connectivity index (χ0n) is 14.9. The second-order valence-corrected chi connectivity index (χ2v) is 7.90. The lowest BCUT2D eigenvalue weighted by Gasteiger charge is -2.06. The van der Waals surface area contributed by atoms with Gasteiger partial charge in [-0.15, -0.1) is 11.8 Å². The Labute approximate surface area is 154 Å². The fraction of sp³-hybridized carbons (Fsp3) is 0.684. The van der Waals surface area contributed by atoms with Crippen LogP contribution in [0.1, 0.15) is 69.8 Å². The van der Waals surface area contributed by atoms with Crippen LogP contribution in [-0.2, 0) is 17.7 Å². The molecule has 1 aromatic rings. The van der Waals surface area contributed by atoms with Crippen molar-refractivity contribution < 1.29 is 8.76 Å². The summed E-state index contributed by atoms with van der Waals surface area (Å²) in [5, 5.41) is 0. The van der Waals surface area contributed by atoms with Crippen LogP contribution >= 0.6 is 11.8 Å². The summed E-state index contributed by atoms with van der Waals surface area (Å²) < 4.78 is 23.0. The largest absolute Gasteiger partial charge is 0.760 e. The van der Waals surface area contributed by atoms with Gasteiger partial charge in [0.1, 0.15) is 0 Å². The number of thioether (sulfide) groups is 1. The van der Waals surface area contributed by atoms with Gasteiger partial charge in [0.05, 0.1) is 0 Å². The third kappa shape index (κ3) is 12.1. The Hall–Kier alpha value is -0.360. The first kappa shape index (κ1) is 21.7. The normalized spacial score (nSPS) is 12.4. The van der Waals surface area contributed by atoms with Crippen molar-refractivity contribution in [2.24, 2.45) is 0 Å². The van der Waals surface area contributed by atoms with Crippen molar-refractivity contribution in [3.8, 4) is 0 Å². The molecule has 0 aliphatic rings. The fourth-order valence-corrected chi connectivity index (χ4v) is 3.54. The standard InChI is InChI=1S/C19H33NO2S2/c1-23-19-15-13-18(14-16-19)12-10-8-6-4-2-3-5-7-9-11-17-20-24(21)22/h13-16,20H,2-12,17H2,1H3,(H,21,22)/p-1. The van der Waals surface area contributed by atoms with Crippen LogP contribution in [0.5, 0.6) is 0 Å². The lowest BCUT2D eigenvalue weighted by Crippen LogP contribution is -2.17. The Bertz CT molecular complexity index is 437. The molecule has 1 unspecified atom stereocenters. The molecule has 0 saturated heterocycles. The zero-order valence-corrected chi connectivity index (χ0v) is 16.6. The molecule has 1 N–H and O–H groups in total. The first-order chi connectivity index (χ1) is 11.7. The molecule has 3 nitrogen and oxygen atoms in total. The molecule has 0 saturated carbocycles. The summed E-state index contributed by atoms with van der Waals surface area (Å²) in [6.45, 7) is 0.579. The van der Waals surface area contributed by atoms with E-state index in [-0.39, 0.29) is 0 Å². The van der Waals surface area contributed by atoms with Crippen LogP contribution in [0.4, 0.5) is 0 Å². The Morgan fingerprint density at radius 3 is 1.88 bits per heavy atom. The molecule has 138 valence electrons. The lowest BCUT2D eigenvalue weighted by molar-refractivity contribution is 0.516. The van der Waals surface area contributed by atoms with E-state index in [0.717, 1.165) is 12.8 Å². The topological polar surface area (TPSA) is 52.2 Å². The van der Waals surface area contributed by atoms with Gasteiger partial charge in [-0.05, 0) is 43.2 Å². The van der Waals surface area contributed by atoms with Gasteiger partial charge in [-0.3, -0.25) is 4.21 Å². The summed E-state index contributed by atoms with van der Waals surface area (Å²) >= 11 is -0.298. The van der Waals surface area contributed by atoms with Gasteiger partial charge in [0.15, 0.2) is 0 Å². The van der Waals surface area contributed by atoms with Crippen molar-refractivity contribution in [3.63, 3.8) is 0 Å². The van der Waals surface area contributed by atoms with Gasteiger partial charge in [0.2, 0.25) is 0 Å². The third-order valence-corrected chi connectivity index (χ3v) is 5.45. The van der Waals surface area contributed by atoms with E-state index in [1.807, 2.05) is 0 Å². The Kier molecular flexibility index (Phi) is 13.5. The molecule has 0 aromatic heterocycles. The molecule has 0 heterocycles. The molecule has 0 bridgehead atoms. The summed E-state index contributed by atoms with van der Waals surface area (Å²) in [6.07, 6.45) is 15.9. The summed E-state index contributed by atoms with van der Waals surface area (Å²) in [5.74, 6) is 0. The van der Waals surface area contributed by atoms with Crippen molar-refractivity contribution in [2.75, 3.05) is 12.8 Å². The summed E-state index contributed by atoms with van der Waals surface area (Å²) in [6, 6.07) is 8.96. The van der Waals surface area contributed by atoms with Gasteiger partial charge < -0.3 is 4.55 Å². The maximum Gasteiger partial charge on any atom is 0.0181 e. The number of hydrogen-bond acceptors (Lipinski definition) is 3. The molecule has 0 radical (unpaired) electrons. The number of nitrogens with one attached hydrogen (secondary N) is 1. The van der Waals surface area contributed by atoms with Gasteiger partial charge in [0.25, 0.3) is 0 Å². The minimum atomic E-state index is -2.10. The highest BCUT2D eigenvalue weighted by Crippen LogP contribution is 2.17. The second-order valence-electron chi connectivity index (χ2n) is 6.26. The van der Waals surface area contributed by atoms with Crippen molar-refractivity contribution >= 4 is 23.0 Å². The molecule has 1 atom stereocenters. The Morgan fingerprint density at radius 2 is 1.38 bits per heavy atom. The zero-order chi connectivity index (χ0) is 17.5. The highest BCUT2D eigenvalue weighted by atomic mass is 32.2. The monoisotopic (exact) mass is 370 g/mol. The Morgan fingerprint density at radius 1 is 0.875 bits per heavy atom. The van der Waals surface area contributed by atoms with E-state index >= 15 is 0 Å². The van der Waals surface area contributed by atoms with Gasteiger partial charge in [-0.25, -0.2) is 4.72 Å². The average Bonchev–Trinajstić information content (AvgIpc) is 2.59. The van der Waals surface area contributed by atoms with Crippen LogP contribution in [0, 0.1) is 0 Å². The van der Waals surface area contributed by atoms with Gasteiger partial charge in [-0.2, -0.15) is 0 Å². The molecule has 1 aromatic carbocycles. The number of aryl methyl sites for hydroxylation is 1. The molecule has 24 heavy (non-hydrogen) atoms. The van der Waals surface area contributed by atoms with Gasteiger partial charge in [-0.1, -0.05) is 63.5 Å². The predicted molar refractivity (Wildman–Crippen MR) is 105 cm³/mol. The van der Waals surface area contributed by atoms with Crippen molar-refractivity contribution in [2.45, 2.75) is 75.5 Å². The second kappa shape index (κ2) is 14.9. The molecule has 0 fully saturated rings. The molecule has 0 spiro atoms. The van der Waals surface area contributed by atoms with E-state index in [1.54, 1.807) is 11.8 Å². The minimum Gasteiger partial charge on any atom is -0.760 e. The molecule has 5 heteroatoms.